The number of nitrogens with zero attached hydrogens (tertiary/aromatic N) is 2. The van der Waals surface area contributed by atoms with Crippen LogP contribution in [0.1, 0.15) is 23.1 Å². The van der Waals surface area contributed by atoms with E-state index in [0.717, 1.165) is 27.6 Å². The fraction of sp³-hybridized carbons (Fsp3) is 0.346. The van der Waals surface area contributed by atoms with Gasteiger partial charge in [0, 0.05) is 49.6 Å². The van der Waals surface area contributed by atoms with Gasteiger partial charge in [0.05, 0.1) is 14.2 Å². The Labute approximate surface area is 203 Å². The predicted molar refractivity (Wildman–Crippen MR) is 129 cm³/mol. The minimum absolute atomic E-state index is 0.0621. The molecule has 2 N–H and O–H groups in total. The molecule has 2 aliphatic rings. The van der Waals surface area contributed by atoms with Crippen LogP contribution in [0.3, 0.4) is 0 Å². The molecule has 3 heterocycles. The lowest BCUT2D eigenvalue weighted by Crippen LogP contribution is -2.40. The highest BCUT2D eigenvalue weighted by molar-refractivity contribution is 6.05. The molecule has 0 aliphatic carbocycles. The number of imide groups is 1. The van der Waals surface area contributed by atoms with Crippen molar-refractivity contribution in [2.75, 3.05) is 27.3 Å². The number of carbonyl (C=O) groups excluding carboxylic acids is 3. The van der Waals surface area contributed by atoms with Crippen molar-refractivity contribution in [1.82, 2.24) is 20.1 Å². The van der Waals surface area contributed by atoms with Crippen molar-refractivity contribution in [1.29, 1.82) is 0 Å². The van der Waals surface area contributed by atoms with Crippen LogP contribution in [0.4, 0.5) is 4.79 Å². The third-order valence-corrected chi connectivity index (χ3v) is 6.82. The number of urea groups is 1. The van der Waals surface area contributed by atoms with Crippen molar-refractivity contribution in [3.63, 3.8) is 0 Å². The number of ether oxygens (including phenoxy) is 2. The lowest BCUT2D eigenvalue weighted by Gasteiger charge is -2.29. The van der Waals surface area contributed by atoms with Gasteiger partial charge in [-0.2, -0.15) is 0 Å². The number of para-hydroxylation sites is 1. The van der Waals surface area contributed by atoms with E-state index in [0.29, 0.717) is 37.4 Å². The van der Waals surface area contributed by atoms with Gasteiger partial charge in [-0.1, -0.05) is 18.2 Å². The monoisotopic (exact) mass is 476 g/mol. The molecule has 1 saturated heterocycles. The Hall–Kier alpha value is -4.01. The van der Waals surface area contributed by atoms with Gasteiger partial charge in [0.15, 0.2) is 11.5 Å². The quantitative estimate of drug-likeness (QED) is 0.487. The van der Waals surface area contributed by atoms with Gasteiger partial charge in [0.1, 0.15) is 6.04 Å². The zero-order valence-corrected chi connectivity index (χ0v) is 19.8. The topological polar surface area (TPSA) is 104 Å². The van der Waals surface area contributed by atoms with Gasteiger partial charge in [-0.3, -0.25) is 14.5 Å². The molecule has 0 saturated carbocycles. The zero-order valence-electron chi connectivity index (χ0n) is 19.8. The normalized spacial score (nSPS) is 16.9. The lowest BCUT2D eigenvalue weighted by atomic mass is 9.94. The van der Waals surface area contributed by atoms with Crippen molar-refractivity contribution in [3.8, 4) is 11.5 Å². The van der Waals surface area contributed by atoms with Gasteiger partial charge in [-0.25, -0.2) is 4.79 Å². The molecule has 0 spiro atoms. The van der Waals surface area contributed by atoms with Gasteiger partial charge in [0.2, 0.25) is 5.91 Å². The molecule has 9 nitrogen and oxygen atoms in total. The van der Waals surface area contributed by atoms with Gasteiger partial charge in [-0.15, -0.1) is 0 Å². The van der Waals surface area contributed by atoms with Crippen LogP contribution in [0, 0.1) is 0 Å². The molecule has 1 unspecified atom stereocenters. The second kappa shape index (κ2) is 9.32. The summed E-state index contributed by atoms with van der Waals surface area (Å²) in [5.41, 5.74) is 4.09. The van der Waals surface area contributed by atoms with Crippen LogP contribution in [0.15, 0.2) is 42.6 Å². The number of amides is 4. The molecule has 5 rings (SSSR count). The average molecular weight is 477 g/mol. The van der Waals surface area contributed by atoms with E-state index in [1.807, 2.05) is 42.6 Å². The number of hydrogen-bond donors (Lipinski definition) is 2. The summed E-state index contributed by atoms with van der Waals surface area (Å²) in [6.45, 7) is 0.862. The Morgan fingerprint density at radius 2 is 1.86 bits per heavy atom. The van der Waals surface area contributed by atoms with Crippen LogP contribution in [-0.2, 0) is 29.0 Å². The number of aromatic amines is 1. The Balaban J connectivity index is 1.17. The van der Waals surface area contributed by atoms with E-state index < -0.39 is 6.04 Å². The second-order valence-corrected chi connectivity index (χ2v) is 8.81. The first-order valence-electron chi connectivity index (χ1n) is 11.7. The molecule has 3 aromatic rings. The maximum atomic E-state index is 13.0. The highest BCUT2D eigenvalue weighted by atomic mass is 16.5. The first-order chi connectivity index (χ1) is 17.0. The van der Waals surface area contributed by atoms with E-state index in [1.165, 1.54) is 4.90 Å². The van der Waals surface area contributed by atoms with E-state index >= 15 is 0 Å². The Morgan fingerprint density at radius 3 is 2.63 bits per heavy atom. The van der Waals surface area contributed by atoms with Crippen LogP contribution in [0.2, 0.25) is 0 Å². The molecular weight excluding hydrogens is 448 g/mol. The predicted octanol–water partition coefficient (Wildman–Crippen LogP) is 2.62. The first kappa shape index (κ1) is 22.8. The van der Waals surface area contributed by atoms with E-state index in [1.54, 1.807) is 19.1 Å². The molecule has 182 valence electrons. The highest BCUT2D eigenvalue weighted by Gasteiger charge is 2.47. The second-order valence-electron chi connectivity index (χ2n) is 8.81. The van der Waals surface area contributed by atoms with Gasteiger partial charge in [-0.05, 0) is 41.3 Å². The van der Waals surface area contributed by atoms with Gasteiger partial charge in [0.25, 0.3) is 5.91 Å². The number of carbonyl (C=O) groups is 3. The van der Waals surface area contributed by atoms with Crippen molar-refractivity contribution >= 4 is 28.7 Å². The standard InChI is InChI=1S/C26H28N4O5/c1-34-22-12-17-11-21-25(32)29(26(33)30(21)15-18(17)13-23(22)35-2)10-8-24(31)27-9-7-16-14-28-20-6-4-3-5-19(16)20/h3-6,12-14,21,28H,7-11,15H2,1-2H3,(H,27,31). The number of benzene rings is 2. The number of nitrogens with one attached hydrogen (secondary N) is 2. The van der Waals surface area contributed by atoms with E-state index in [-0.39, 0.29) is 30.8 Å². The Morgan fingerprint density at radius 1 is 1.11 bits per heavy atom. The summed E-state index contributed by atoms with van der Waals surface area (Å²) in [7, 11) is 3.13. The van der Waals surface area contributed by atoms with Crippen molar-refractivity contribution in [2.45, 2.75) is 31.8 Å². The molecule has 4 amide bonds. The smallest absolute Gasteiger partial charge is 0.327 e. The fourth-order valence-electron chi connectivity index (χ4n) is 4.95. The van der Waals surface area contributed by atoms with Crippen LogP contribution >= 0.6 is 0 Å². The minimum atomic E-state index is -0.557. The van der Waals surface area contributed by atoms with Crippen molar-refractivity contribution in [2.24, 2.45) is 0 Å². The summed E-state index contributed by atoms with van der Waals surface area (Å²) in [6, 6.07) is 10.8. The molecule has 1 aromatic heterocycles. The Kier molecular flexibility index (Phi) is 6.07. The van der Waals surface area contributed by atoms with E-state index in [2.05, 4.69) is 10.3 Å². The number of H-pyrrole nitrogens is 1. The van der Waals surface area contributed by atoms with Crippen LogP contribution in [0.5, 0.6) is 11.5 Å². The summed E-state index contributed by atoms with van der Waals surface area (Å²) in [5.74, 6) is 0.733. The van der Waals surface area contributed by atoms with E-state index in [9.17, 15) is 14.4 Å². The molecule has 35 heavy (non-hydrogen) atoms. The van der Waals surface area contributed by atoms with Crippen LogP contribution in [-0.4, -0.2) is 66.0 Å². The maximum absolute atomic E-state index is 13.0. The molecule has 2 aromatic carbocycles. The first-order valence-corrected chi connectivity index (χ1v) is 11.7. The minimum Gasteiger partial charge on any atom is -0.493 e. The van der Waals surface area contributed by atoms with E-state index in [4.69, 9.17) is 9.47 Å². The van der Waals surface area contributed by atoms with Crippen molar-refractivity contribution < 1.29 is 23.9 Å². The molecule has 0 radical (unpaired) electrons. The Bertz CT molecular complexity index is 1250. The number of fused-ring (bicyclic) bond motifs is 3. The average Bonchev–Trinajstić information content (AvgIpc) is 3.39. The maximum Gasteiger partial charge on any atom is 0.327 e. The third-order valence-electron chi connectivity index (χ3n) is 6.82. The number of rotatable bonds is 8. The largest absolute Gasteiger partial charge is 0.493 e. The van der Waals surface area contributed by atoms with Gasteiger partial charge < -0.3 is 24.7 Å². The lowest BCUT2D eigenvalue weighted by molar-refractivity contribution is -0.129. The summed E-state index contributed by atoms with van der Waals surface area (Å²) < 4.78 is 10.7. The highest BCUT2D eigenvalue weighted by Crippen LogP contribution is 2.37. The molecule has 0 bridgehead atoms. The number of methoxy groups -OCH3 is 2. The number of hydrogen-bond acceptors (Lipinski definition) is 5. The third kappa shape index (κ3) is 4.18. The van der Waals surface area contributed by atoms with Crippen LogP contribution in [0.25, 0.3) is 10.9 Å². The summed E-state index contributed by atoms with van der Waals surface area (Å²) in [5, 5.41) is 4.04. The summed E-state index contributed by atoms with van der Waals surface area (Å²) >= 11 is 0. The zero-order chi connectivity index (χ0) is 24.5. The fourth-order valence-corrected chi connectivity index (χ4v) is 4.95. The molecule has 9 heteroatoms. The summed E-state index contributed by atoms with van der Waals surface area (Å²) in [6.07, 6.45) is 3.13. The summed E-state index contributed by atoms with van der Waals surface area (Å²) in [4.78, 5) is 44.4. The SMILES string of the molecule is COc1cc2c(cc1OC)CN1C(=O)N(CCC(=O)NCCc3c[nH]c4ccccc34)C(=O)C1C2. The molecule has 1 atom stereocenters. The molecule has 1 fully saturated rings. The molecular formula is C26H28N4O5. The van der Waals surface area contributed by atoms with Gasteiger partial charge >= 0.3 is 6.03 Å². The van der Waals surface area contributed by atoms with Crippen molar-refractivity contribution in [3.05, 3.63) is 59.3 Å². The van der Waals surface area contributed by atoms with Crippen LogP contribution < -0.4 is 14.8 Å². The number of aromatic nitrogens is 1. The molecule has 2 aliphatic heterocycles.